The minimum atomic E-state index is -1.21. The van der Waals surface area contributed by atoms with Crippen LogP contribution in [0.25, 0.3) is 6.08 Å². The summed E-state index contributed by atoms with van der Waals surface area (Å²) in [6.07, 6.45) is 5.42. The van der Waals surface area contributed by atoms with E-state index in [9.17, 15) is 19.8 Å². The van der Waals surface area contributed by atoms with Gasteiger partial charge in [0.2, 0.25) is 0 Å². The summed E-state index contributed by atoms with van der Waals surface area (Å²) in [5, 5.41) is 21.6. The van der Waals surface area contributed by atoms with Crippen molar-refractivity contribution in [3.05, 3.63) is 35.2 Å². The Hall–Kier alpha value is -2.05. The standard InChI is InChI=1S/C29H45NO5/c1-18-9-8-10-20(3)27(33)22(5)28(34)29(6,7)25(31)16-26(32)35-24(14-12-18)21(4)15-23-13-11-19(2)17-30-23/h11,13,15,17-18,20,22,24-25,27,31,33H,8-10,12,14,16H2,1-7H3/b21-15+/t18-,20+,22-,24?,25+,27+/m1/s1. The number of cyclic esters (lactones) is 1. The molecule has 1 unspecified atom stereocenters. The molecule has 1 aromatic rings. The molecule has 196 valence electrons. The van der Waals surface area contributed by atoms with Crippen LogP contribution in [0, 0.1) is 30.1 Å². The monoisotopic (exact) mass is 487 g/mol. The van der Waals surface area contributed by atoms with Gasteiger partial charge in [-0.2, -0.15) is 0 Å². The Balaban J connectivity index is 2.28. The molecule has 35 heavy (non-hydrogen) atoms. The molecule has 0 aliphatic carbocycles. The molecule has 0 spiro atoms. The van der Waals surface area contributed by atoms with Crippen molar-refractivity contribution in [2.45, 2.75) is 105 Å². The topological polar surface area (TPSA) is 96.7 Å². The molecule has 2 heterocycles. The fourth-order valence-electron chi connectivity index (χ4n) is 4.83. The molecular weight excluding hydrogens is 442 g/mol. The van der Waals surface area contributed by atoms with Gasteiger partial charge in [-0.25, -0.2) is 0 Å². The molecule has 1 aliphatic rings. The molecule has 0 saturated carbocycles. The maximum absolute atomic E-state index is 13.2. The maximum Gasteiger partial charge on any atom is 0.309 e. The Morgan fingerprint density at radius 3 is 2.40 bits per heavy atom. The molecule has 6 atom stereocenters. The van der Waals surface area contributed by atoms with E-state index in [1.54, 1.807) is 27.0 Å². The highest BCUT2D eigenvalue weighted by Crippen LogP contribution is 2.33. The van der Waals surface area contributed by atoms with Gasteiger partial charge in [0.25, 0.3) is 0 Å². The third kappa shape index (κ3) is 8.25. The summed E-state index contributed by atoms with van der Waals surface area (Å²) >= 11 is 0. The SMILES string of the molecule is C/C(=C\c1ccc(C)cn1)C1CC[C@H](C)CCC[C@H](C)[C@H](O)[C@@H](C)C(=O)C(C)(C)[C@@H](O)CC(=O)O1. The van der Waals surface area contributed by atoms with E-state index in [0.29, 0.717) is 12.3 Å². The Morgan fingerprint density at radius 1 is 1.09 bits per heavy atom. The highest BCUT2D eigenvalue weighted by atomic mass is 16.5. The molecular formula is C29H45NO5. The smallest absolute Gasteiger partial charge is 0.309 e. The van der Waals surface area contributed by atoms with E-state index in [0.717, 1.165) is 42.5 Å². The minimum absolute atomic E-state index is 0.0214. The number of aliphatic hydroxyl groups excluding tert-OH is 2. The van der Waals surface area contributed by atoms with E-state index in [2.05, 4.69) is 11.9 Å². The predicted octanol–water partition coefficient (Wildman–Crippen LogP) is 5.28. The number of esters is 1. The normalized spacial score (nSPS) is 32.2. The van der Waals surface area contributed by atoms with Gasteiger partial charge >= 0.3 is 5.97 Å². The molecule has 1 aliphatic heterocycles. The summed E-state index contributed by atoms with van der Waals surface area (Å²) in [6.45, 7) is 13.1. The molecule has 0 aromatic carbocycles. The Kier molecular flexibility index (Phi) is 10.6. The van der Waals surface area contributed by atoms with Crippen molar-refractivity contribution in [1.82, 2.24) is 4.98 Å². The molecule has 6 nitrogen and oxygen atoms in total. The number of hydrogen-bond acceptors (Lipinski definition) is 6. The lowest BCUT2D eigenvalue weighted by molar-refractivity contribution is -0.154. The Bertz CT molecular complexity index is 876. The largest absolute Gasteiger partial charge is 0.458 e. The first-order chi connectivity index (χ1) is 16.3. The average Bonchev–Trinajstić information content (AvgIpc) is 2.80. The van der Waals surface area contributed by atoms with Crippen molar-refractivity contribution < 1.29 is 24.5 Å². The fraction of sp³-hybridized carbons (Fsp3) is 0.690. The number of Topliss-reactive ketones (excluding diaryl/α,β-unsaturated/α-hetero) is 1. The third-order valence-corrected chi connectivity index (χ3v) is 7.71. The van der Waals surface area contributed by atoms with Crippen LogP contribution in [-0.4, -0.2) is 45.3 Å². The zero-order valence-corrected chi connectivity index (χ0v) is 22.6. The van der Waals surface area contributed by atoms with Crippen LogP contribution in [0.15, 0.2) is 23.9 Å². The first kappa shape index (κ1) is 29.2. The van der Waals surface area contributed by atoms with Gasteiger partial charge < -0.3 is 14.9 Å². The van der Waals surface area contributed by atoms with Crippen LogP contribution in [0.2, 0.25) is 0 Å². The third-order valence-electron chi connectivity index (χ3n) is 7.71. The number of nitrogens with zero attached hydrogens (tertiary/aromatic N) is 1. The first-order valence-corrected chi connectivity index (χ1v) is 13.0. The fourth-order valence-corrected chi connectivity index (χ4v) is 4.83. The summed E-state index contributed by atoms with van der Waals surface area (Å²) < 4.78 is 5.87. The van der Waals surface area contributed by atoms with Crippen LogP contribution in [0.4, 0.5) is 0 Å². The molecule has 0 radical (unpaired) electrons. The van der Waals surface area contributed by atoms with E-state index in [1.807, 2.05) is 39.0 Å². The lowest BCUT2D eigenvalue weighted by atomic mass is 9.73. The highest BCUT2D eigenvalue weighted by molar-refractivity contribution is 5.88. The van der Waals surface area contributed by atoms with Gasteiger partial charge in [0.15, 0.2) is 0 Å². The summed E-state index contributed by atoms with van der Waals surface area (Å²) in [7, 11) is 0. The number of ketones is 1. The molecule has 1 saturated heterocycles. The number of rotatable bonds is 2. The van der Waals surface area contributed by atoms with Gasteiger partial charge in [0.05, 0.1) is 29.7 Å². The second-order valence-corrected chi connectivity index (χ2v) is 11.3. The summed E-state index contributed by atoms with van der Waals surface area (Å²) in [5.74, 6) is -0.991. The predicted molar refractivity (Wildman–Crippen MR) is 139 cm³/mol. The zero-order chi connectivity index (χ0) is 26.3. The first-order valence-electron chi connectivity index (χ1n) is 13.0. The van der Waals surface area contributed by atoms with Gasteiger partial charge in [0, 0.05) is 12.1 Å². The number of aliphatic hydroxyl groups is 2. The number of carbonyl (C=O) groups excluding carboxylic acids is 2. The number of ether oxygens (including phenoxy) is 1. The second-order valence-electron chi connectivity index (χ2n) is 11.3. The number of hydrogen-bond donors (Lipinski definition) is 2. The van der Waals surface area contributed by atoms with Gasteiger partial charge in [-0.15, -0.1) is 0 Å². The quantitative estimate of drug-likeness (QED) is 0.551. The summed E-state index contributed by atoms with van der Waals surface area (Å²) in [5.41, 5.74) is 1.60. The van der Waals surface area contributed by atoms with Crippen molar-refractivity contribution in [3.8, 4) is 0 Å². The number of carbonyl (C=O) groups is 2. The lowest BCUT2D eigenvalue weighted by Gasteiger charge is -2.34. The number of aryl methyl sites for hydroxylation is 1. The highest BCUT2D eigenvalue weighted by Gasteiger charge is 2.42. The molecule has 1 fully saturated rings. The molecule has 2 N–H and O–H groups in total. The van der Waals surface area contributed by atoms with Crippen molar-refractivity contribution >= 4 is 17.8 Å². The van der Waals surface area contributed by atoms with Crippen LogP contribution in [0.3, 0.4) is 0 Å². The van der Waals surface area contributed by atoms with Crippen LogP contribution in [0.5, 0.6) is 0 Å². The summed E-state index contributed by atoms with van der Waals surface area (Å²) in [6, 6.07) is 3.93. The molecule has 0 amide bonds. The molecule has 0 bridgehead atoms. The van der Waals surface area contributed by atoms with Crippen LogP contribution in [-0.2, 0) is 14.3 Å². The van der Waals surface area contributed by atoms with Gasteiger partial charge in [-0.3, -0.25) is 14.6 Å². The van der Waals surface area contributed by atoms with Gasteiger partial charge in [-0.1, -0.05) is 53.5 Å². The van der Waals surface area contributed by atoms with E-state index in [-0.39, 0.29) is 18.1 Å². The molecule has 1 aromatic heterocycles. The zero-order valence-electron chi connectivity index (χ0n) is 22.6. The summed E-state index contributed by atoms with van der Waals surface area (Å²) in [4.78, 5) is 30.5. The van der Waals surface area contributed by atoms with Crippen LogP contribution < -0.4 is 0 Å². The van der Waals surface area contributed by atoms with Crippen LogP contribution in [0.1, 0.15) is 91.3 Å². The van der Waals surface area contributed by atoms with E-state index >= 15 is 0 Å². The van der Waals surface area contributed by atoms with Crippen molar-refractivity contribution in [2.75, 3.05) is 0 Å². The second kappa shape index (κ2) is 12.8. The average molecular weight is 488 g/mol. The van der Waals surface area contributed by atoms with Gasteiger partial charge in [0.1, 0.15) is 11.9 Å². The Labute approximate surface area is 211 Å². The van der Waals surface area contributed by atoms with E-state index < -0.39 is 35.6 Å². The molecule has 2 rings (SSSR count). The minimum Gasteiger partial charge on any atom is -0.458 e. The van der Waals surface area contributed by atoms with Crippen molar-refractivity contribution in [1.29, 1.82) is 0 Å². The van der Waals surface area contributed by atoms with Crippen molar-refractivity contribution in [2.24, 2.45) is 23.2 Å². The lowest BCUT2D eigenvalue weighted by Crippen LogP contribution is -2.45. The number of pyridine rings is 1. The number of aromatic nitrogens is 1. The van der Waals surface area contributed by atoms with E-state index in [4.69, 9.17) is 4.74 Å². The van der Waals surface area contributed by atoms with Crippen LogP contribution >= 0.6 is 0 Å². The van der Waals surface area contributed by atoms with E-state index in [1.165, 1.54) is 0 Å². The van der Waals surface area contributed by atoms with Crippen molar-refractivity contribution in [3.63, 3.8) is 0 Å². The maximum atomic E-state index is 13.2. The molecule has 6 heteroatoms. The van der Waals surface area contributed by atoms with Gasteiger partial charge in [-0.05, 0) is 68.2 Å². The Morgan fingerprint density at radius 2 is 1.77 bits per heavy atom.